The predicted molar refractivity (Wildman–Crippen MR) is 82.8 cm³/mol. The van der Waals surface area contributed by atoms with E-state index in [-0.39, 0.29) is 0 Å². The van der Waals surface area contributed by atoms with E-state index < -0.39 is 0 Å². The lowest BCUT2D eigenvalue weighted by molar-refractivity contribution is 0.262. The van der Waals surface area contributed by atoms with E-state index in [9.17, 15) is 0 Å². The lowest BCUT2D eigenvalue weighted by atomic mass is 9.87. The van der Waals surface area contributed by atoms with Gasteiger partial charge in [0.05, 0.1) is 5.39 Å². The molecule has 1 aliphatic carbocycles. The number of hydrogen-bond acceptors (Lipinski definition) is 3. The first kappa shape index (κ1) is 13.4. The third kappa shape index (κ3) is 1.74. The highest BCUT2D eigenvalue weighted by Gasteiger charge is 2.37. The first-order valence-electron chi connectivity index (χ1n) is 7.44. The summed E-state index contributed by atoms with van der Waals surface area (Å²) < 4.78 is 2.42. The Kier molecular flexibility index (Phi) is 2.82. The van der Waals surface area contributed by atoms with E-state index in [2.05, 4.69) is 37.2 Å². The second-order valence-electron chi connectivity index (χ2n) is 6.83. The van der Waals surface area contributed by atoms with Crippen molar-refractivity contribution in [2.75, 3.05) is 5.73 Å². The Morgan fingerprint density at radius 3 is 2.50 bits per heavy atom. The van der Waals surface area contributed by atoms with E-state index in [1.165, 1.54) is 30.5 Å². The van der Waals surface area contributed by atoms with E-state index >= 15 is 0 Å². The summed E-state index contributed by atoms with van der Waals surface area (Å²) in [5.41, 5.74) is 9.98. The van der Waals surface area contributed by atoms with Crippen LogP contribution < -0.4 is 5.73 Å². The summed E-state index contributed by atoms with van der Waals surface area (Å²) in [6.45, 7) is 11.0. The van der Waals surface area contributed by atoms with Crippen LogP contribution in [0, 0.1) is 26.2 Å². The van der Waals surface area contributed by atoms with Crippen LogP contribution in [-0.2, 0) is 0 Å². The van der Waals surface area contributed by atoms with Crippen LogP contribution in [0.1, 0.15) is 56.2 Å². The highest BCUT2D eigenvalue weighted by Crippen LogP contribution is 2.48. The van der Waals surface area contributed by atoms with Gasteiger partial charge in [-0.15, -0.1) is 0 Å². The van der Waals surface area contributed by atoms with Gasteiger partial charge in [0.25, 0.3) is 0 Å². The molecule has 108 valence electrons. The van der Waals surface area contributed by atoms with Crippen LogP contribution in [0.2, 0.25) is 0 Å². The van der Waals surface area contributed by atoms with E-state index in [0.29, 0.717) is 17.3 Å². The maximum absolute atomic E-state index is 6.14. The van der Waals surface area contributed by atoms with Crippen LogP contribution in [0.3, 0.4) is 0 Å². The van der Waals surface area contributed by atoms with E-state index in [0.717, 1.165) is 16.9 Å². The summed E-state index contributed by atoms with van der Waals surface area (Å²) in [5, 5.41) is 1.04. The predicted octanol–water partition coefficient (Wildman–Crippen LogP) is 3.69. The third-order valence-electron chi connectivity index (χ3n) is 5.05. The molecule has 0 spiro atoms. The van der Waals surface area contributed by atoms with Crippen molar-refractivity contribution < 1.29 is 0 Å². The first-order valence-corrected chi connectivity index (χ1v) is 7.44. The van der Waals surface area contributed by atoms with Crippen molar-refractivity contribution >= 4 is 16.9 Å². The van der Waals surface area contributed by atoms with Crippen molar-refractivity contribution in [2.45, 2.75) is 59.9 Å². The molecule has 2 heterocycles. The van der Waals surface area contributed by atoms with Crippen LogP contribution in [-0.4, -0.2) is 14.5 Å². The van der Waals surface area contributed by atoms with E-state index in [1.54, 1.807) is 0 Å². The molecule has 0 aliphatic heterocycles. The Hall–Kier alpha value is -1.58. The number of anilines is 1. The maximum Gasteiger partial charge on any atom is 0.146 e. The van der Waals surface area contributed by atoms with Crippen molar-refractivity contribution in [2.24, 2.45) is 5.41 Å². The largest absolute Gasteiger partial charge is 0.383 e. The van der Waals surface area contributed by atoms with Gasteiger partial charge >= 0.3 is 0 Å². The van der Waals surface area contributed by atoms with E-state index in [4.69, 9.17) is 10.7 Å². The van der Waals surface area contributed by atoms with Crippen LogP contribution in [0.4, 0.5) is 5.82 Å². The highest BCUT2D eigenvalue weighted by atomic mass is 15.1. The molecular weight excluding hydrogens is 248 g/mol. The summed E-state index contributed by atoms with van der Waals surface area (Å²) in [5.74, 6) is 1.37. The lowest BCUT2D eigenvalue weighted by Crippen LogP contribution is -2.22. The van der Waals surface area contributed by atoms with Gasteiger partial charge in [0.15, 0.2) is 0 Å². The number of nitrogens with two attached hydrogens (primary N) is 1. The molecule has 1 aliphatic rings. The van der Waals surface area contributed by atoms with E-state index in [1.807, 2.05) is 6.92 Å². The molecule has 2 aromatic rings. The molecule has 20 heavy (non-hydrogen) atoms. The molecule has 1 atom stereocenters. The maximum atomic E-state index is 6.14. The minimum atomic E-state index is 0.316. The zero-order valence-electron chi connectivity index (χ0n) is 13.1. The number of aryl methyl sites for hydroxylation is 2. The normalized spacial score (nSPS) is 21.8. The average Bonchev–Trinajstić information content (AvgIpc) is 2.78. The molecular formula is C16H24N4. The number of hydrogen-bond donors (Lipinski definition) is 1. The Bertz CT molecular complexity index is 682. The van der Waals surface area contributed by atoms with Gasteiger partial charge in [-0.3, -0.25) is 0 Å². The topological polar surface area (TPSA) is 56.7 Å². The fraction of sp³-hybridized carbons (Fsp3) is 0.625. The molecule has 0 aromatic carbocycles. The van der Waals surface area contributed by atoms with Crippen LogP contribution in [0.25, 0.3) is 11.0 Å². The van der Waals surface area contributed by atoms with Gasteiger partial charge in [-0.2, -0.15) is 0 Å². The van der Waals surface area contributed by atoms with Crippen LogP contribution in [0.5, 0.6) is 0 Å². The fourth-order valence-corrected chi connectivity index (χ4v) is 3.80. The molecule has 0 amide bonds. The summed E-state index contributed by atoms with van der Waals surface area (Å²) in [6.07, 6.45) is 3.78. The Morgan fingerprint density at radius 2 is 1.90 bits per heavy atom. The molecule has 0 radical (unpaired) electrons. The number of fused-ring (bicyclic) bond motifs is 1. The number of aromatic nitrogens is 3. The number of nitrogens with zero attached hydrogens (tertiary/aromatic N) is 3. The zero-order chi connectivity index (χ0) is 14.7. The quantitative estimate of drug-likeness (QED) is 0.861. The first-order chi connectivity index (χ1) is 9.33. The number of rotatable bonds is 1. The van der Waals surface area contributed by atoms with Crippen molar-refractivity contribution in [3.05, 3.63) is 17.1 Å². The minimum absolute atomic E-state index is 0.316. The SMILES string of the molecule is Cc1nc(N)c2c(C)c(C)n(C3CCCC3(C)C)c2n1. The third-order valence-corrected chi connectivity index (χ3v) is 5.05. The van der Waals surface area contributed by atoms with Crippen LogP contribution in [0.15, 0.2) is 0 Å². The number of nitrogen functional groups attached to an aromatic ring is 1. The molecule has 0 bridgehead atoms. The standard InChI is InChI=1S/C16H24N4/c1-9-10(2)20(12-7-6-8-16(12,4)5)15-13(9)14(17)18-11(3)19-15/h12H,6-8H2,1-5H3,(H2,17,18,19). The summed E-state index contributed by atoms with van der Waals surface area (Å²) >= 11 is 0. The zero-order valence-corrected chi connectivity index (χ0v) is 13.1. The Morgan fingerprint density at radius 1 is 1.20 bits per heavy atom. The molecule has 3 rings (SSSR count). The van der Waals surface area contributed by atoms with Gasteiger partial charge in [-0.1, -0.05) is 20.3 Å². The van der Waals surface area contributed by atoms with Gasteiger partial charge in [0.1, 0.15) is 17.3 Å². The highest BCUT2D eigenvalue weighted by molar-refractivity contribution is 5.91. The summed E-state index contributed by atoms with van der Waals surface area (Å²) in [6, 6.07) is 0.507. The molecule has 0 saturated heterocycles. The van der Waals surface area contributed by atoms with Gasteiger partial charge < -0.3 is 10.3 Å². The molecule has 1 fully saturated rings. The smallest absolute Gasteiger partial charge is 0.146 e. The fourth-order valence-electron chi connectivity index (χ4n) is 3.80. The van der Waals surface area contributed by atoms with Gasteiger partial charge in [0, 0.05) is 11.7 Å². The average molecular weight is 272 g/mol. The molecule has 2 aromatic heterocycles. The monoisotopic (exact) mass is 272 g/mol. The summed E-state index contributed by atoms with van der Waals surface area (Å²) in [4.78, 5) is 9.03. The molecule has 4 heteroatoms. The molecule has 1 unspecified atom stereocenters. The second-order valence-corrected chi connectivity index (χ2v) is 6.83. The van der Waals surface area contributed by atoms with Crippen molar-refractivity contribution in [3.63, 3.8) is 0 Å². The summed E-state index contributed by atoms with van der Waals surface area (Å²) in [7, 11) is 0. The molecule has 1 saturated carbocycles. The van der Waals surface area contributed by atoms with Crippen molar-refractivity contribution in [3.8, 4) is 0 Å². The Balaban J connectivity index is 2.33. The second kappa shape index (κ2) is 4.21. The lowest BCUT2D eigenvalue weighted by Gasteiger charge is -2.30. The van der Waals surface area contributed by atoms with Gasteiger partial charge in [-0.05, 0) is 44.6 Å². The minimum Gasteiger partial charge on any atom is -0.383 e. The van der Waals surface area contributed by atoms with Gasteiger partial charge in [0.2, 0.25) is 0 Å². The molecule has 4 nitrogen and oxygen atoms in total. The van der Waals surface area contributed by atoms with Crippen LogP contribution >= 0.6 is 0 Å². The Labute approximate surface area is 120 Å². The van der Waals surface area contributed by atoms with Crippen molar-refractivity contribution in [1.29, 1.82) is 0 Å². The van der Waals surface area contributed by atoms with Gasteiger partial charge in [-0.25, -0.2) is 9.97 Å². The molecule has 2 N–H and O–H groups in total. The van der Waals surface area contributed by atoms with Crippen molar-refractivity contribution in [1.82, 2.24) is 14.5 Å².